The lowest BCUT2D eigenvalue weighted by atomic mass is 10.1. The molecule has 0 atom stereocenters. The van der Waals surface area contributed by atoms with Gasteiger partial charge in [-0.1, -0.05) is 18.2 Å². The van der Waals surface area contributed by atoms with Crippen molar-refractivity contribution in [2.45, 2.75) is 6.92 Å². The minimum atomic E-state index is -0.165. The van der Waals surface area contributed by atoms with Crippen molar-refractivity contribution in [1.29, 1.82) is 5.26 Å². The largest absolute Gasteiger partial charge is 0.493 e. The molecule has 0 bridgehead atoms. The zero-order chi connectivity index (χ0) is 15.1. The van der Waals surface area contributed by atoms with Crippen LogP contribution >= 0.6 is 0 Å². The Bertz CT molecular complexity index is 674. The Morgan fingerprint density at radius 2 is 1.95 bits per heavy atom. The molecule has 0 spiro atoms. The van der Waals surface area contributed by atoms with Crippen LogP contribution in [0, 0.1) is 11.3 Å². The average molecular weight is 281 g/mol. The smallest absolute Gasteiger partial charge is 0.203 e. The number of ketones is 1. The molecule has 0 aliphatic carbocycles. The van der Waals surface area contributed by atoms with E-state index in [1.807, 2.05) is 19.1 Å². The van der Waals surface area contributed by atoms with Crippen LogP contribution in [0.2, 0.25) is 0 Å². The molecule has 0 aromatic heterocycles. The van der Waals surface area contributed by atoms with Crippen LogP contribution in [0.3, 0.4) is 0 Å². The van der Waals surface area contributed by atoms with Crippen molar-refractivity contribution in [1.82, 2.24) is 0 Å². The van der Waals surface area contributed by atoms with E-state index in [1.165, 1.54) is 0 Å². The highest BCUT2D eigenvalue weighted by molar-refractivity contribution is 5.99. The molecule has 2 aromatic rings. The van der Waals surface area contributed by atoms with E-state index < -0.39 is 0 Å². The number of rotatable bonds is 6. The van der Waals surface area contributed by atoms with Gasteiger partial charge in [0.25, 0.3) is 0 Å². The maximum absolute atomic E-state index is 12.2. The number of hydrogen-bond donors (Lipinski definition) is 0. The van der Waals surface area contributed by atoms with Crippen LogP contribution in [0.1, 0.15) is 22.8 Å². The summed E-state index contributed by atoms with van der Waals surface area (Å²) in [5.74, 6) is 0.886. The number of nitrogens with zero attached hydrogens (tertiary/aromatic N) is 1. The summed E-state index contributed by atoms with van der Waals surface area (Å²) in [6.45, 7) is 2.26. The van der Waals surface area contributed by atoms with Crippen LogP contribution in [0.15, 0.2) is 48.5 Å². The molecule has 0 unspecified atom stereocenters. The predicted molar refractivity (Wildman–Crippen MR) is 78.6 cm³/mol. The molecule has 4 heteroatoms. The Morgan fingerprint density at radius 1 is 1.14 bits per heavy atom. The Labute approximate surface area is 123 Å². The van der Waals surface area contributed by atoms with Gasteiger partial charge >= 0.3 is 0 Å². The number of hydrogen-bond acceptors (Lipinski definition) is 4. The van der Waals surface area contributed by atoms with Crippen LogP contribution in [0.4, 0.5) is 0 Å². The average Bonchev–Trinajstić information content (AvgIpc) is 2.53. The van der Waals surface area contributed by atoms with Gasteiger partial charge in [-0.05, 0) is 37.3 Å². The molecule has 0 amide bonds. The first-order valence-electron chi connectivity index (χ1n) is 6.62. The zero-order valence-electron chi connectivity index (χ0n) is 11.7. The maximum Gasteiger partial charge on any atom is 0.203 e. The van der Waals surface area contributed by atoms with Gasteiger partial charge in [-0.25, -0.2) is 0 Å². The molecule has 0 fully saturated rings. The van der Waals surface area contributed by atoms with E-state index >= 15 is 0 Å². The summed E-state index contributed by atoms with van der Waals surface area (Å²) in [4.78, 5) is 12.2. The number of benzene rings is 2. The first-order chi connectivity index (χ1) is 10.2. The molecule has 4 nitrogen and oxygen atoms in total. The normalized spacial score (nSPS) is 9.71. The minimum Gasteiger partial charge on any atom is -0.493 e. The fourth-order valence-corrected chi connectivity index (χ4v) is 1.86. The highest BCUT2D eigenvalue weighted by Crippen LogP contribution is 2.19. The molecule has 106 valence electrons. The van der Waals surface area contributed by atoms with E-state index in [4.69, 9.17) is 14.7 Å². The molecular formula is C17H15NO3. The Kier molecular flexibility index (Phi) is 4.94. The summed E-state index contributed by atoms with van der Waals surface area (Å²) in [5.41, 5.74) is 0.991. The molecule has 2 rings (SSSR count). The third kappa shape index (κ3) is 3.83. The maximum atomic E-state index is 12.2. The SMILES string of the molecule is CCOc1ccccc1C(=O)COc1cccc(C#N)c1. The van der Waals surface area contributed by atoms with E-state index in [9.17, 15) is 4.79 Å². The summed E-state index contributed by atoms with van der Waals surface area (Å²) < 4.78 is 10.9. The summed E-state index contributed by atoms with van der Waals surface area (Å²) in [6, 6.07) is 15.8. The quantitative estimate of drug-likeness (QED) is 0.763. The fourth-order valence-electron chi connectivity index (χ4n) is 1.86. The minimum absolute atomic E-state index is 0.0982. The van der Waals surface area contributed by atoms with Crippen LogP contribution in [0.25, 0.3) is 0 Å². The van der Waals surface area contributed by atoms with Gasteiger partial charge in [0.2, 0.25) is 5.78 Å². The molecule has 0 saturated carbocycles. The van der Waals surface area contributed by atoms with Crippen LogP contribution < -0.4 is 9.47 Å². The number of Topliss-reactive ketones (excluding diaryl/α,β-unsaturated/α-hetero) is 1. The summed E-state index contributed by atoms with van der Waals surface area (Å²) in [6.07, 6.45) is 0. The molecule has 0 N–H and O–H groups in total. The van der Waals surface area contributed by atoms with E-state index in [2.05, 4.69) is 0 Å². The van der Waals surface area contributed by atoms with E-state index in [0.717, 1.165) is 0 Å². The molecule has 0 aliphatic rings. The topological polar surface area (TPSA) is 59.3 Å². The number of para-hydroxylation sites is 1. The van der Waals surface area contributed by atoms with E-state index in [-0.39, 0.29) is 12.4 Å². The van der Waals surface area contributed by atoms with Gasteiger partial charge in [0.1, 0.15) is 11.5 Å². The molecular weight excluding hydrogens is 266 g/mol. The Morgan fingerprint density at radius 3 is 2.71 bits per heavy atom. The summed E-state index contributed by atoms with van der Waals surface area (Å²) in [5, 5.41) is 8.82. The molecule has 21 heavy (non-hydrogen) atoms. The van der Waals surface area contributed by atoms with Crippen molar-refractivity contribution < 1.29 is 14.3 Å². The lowest BCUT2D eigenvalue weighted by Crippen LogP contribution is -2.13. The molecule has 2 aromatic carbocycles. The predicted octanol–water partition coefficient (Wildman–Crippen LogP) is 3.22. The third-order valence-electron chi connectivity index (χ3n) is 2.82. The second-order valence-electron chi connectivity index (χ2n) is 4.28. The van der Waals surface area contributed by atoms with Crippen LogP contribution in [0.5, 0.6) is 11.5 Å². The van der Waals surface area contributed by atoms with Gasteiger partial charge in [0, 0.05) is 0 Å². The van der Waals surface area contributed by atoms with Gasteiger partial charge in [0.15, 0.2) is 6.61 Å². The fraction of sp³-hybridized carbons (Fsp3) is 0.176. The number of nitriles is 1. The van der Waals surface area contributed by atoms with Gasteiger partial charge in [-0.2, -0.15) is 5.26 Å². The second kappa shape index (κ2) is 7.11. The zero-order valence-corrected chi connectivity index (χ0v) is 11.7. The van der Waals surface area contributed by atoms with E-state index in [0.29, 0.717) is 29.2 Å². The van der Waals surface area contributed by atoms with Crippen molar-refractivity contribution >= 4 is 5.78 Å². The highest BCUT2D eigenvalue weighted by atomic mass is 16.5. The monoisotopic (exact) mass is 281 g/mol. The van der Waals surface area contributed by atoms with Crippen LogP contribution in [-0.4, -0.2) is 19.0 Å². The van der Waals surface area contributed by atoms with Crippen molar-refractivity contribution in [3.05, 3.63) is 59.7 Å². The standard InChI is InChI=1S/C17H15NO3/c1-2-20-17-9-4-3-8-15(17)16(19)12-21-14-7-5-6-13(10-14)11-18/h3-10H,2,12H2,1H3. The first kappa shape index (κ1) is 14.6. The van der Waals surface area contributed by atoms with Crippen molar-refractivity contribution in [3.8, 4) is 17.6 Å². The van der Waals surface area contributed by atoms with Crippen molar-refractivity contribution in [2.24, 2.45) is 0 Å². The lowest BCUT2D eigenvalue weighted by Gasteiger charge is -2.10. The van der Waals surface area contributed by atoms with Crippen molar-refractivity contribution in [2.75, 3.05) is 13.2 Å². The first-order valence-corrected chi connectivity index (χ1v) is 6.62. The molecule has 0 saturated heterocycles. The number of carbonyl (C=O) groups is 1. The van der Waals surface area contributed by atoms with Crippen molar-refractivity contribution in [3.63, 3.8) is 0 Å². The summed E-state index contributed by atoms with van der Waals surface area (Å²) in [7, 11) is 0. The Hall–Kier alpha value is -2.80. The Balaban J connectivity index is 2.06. The number of carbonyl (C=O) groups excluding carboxylic acids is 1. The molecule has 0 radical (unpaired) electrons. The van der Waals surface area contributed by atoms with Gasteiger partial charge in [0.05, 0.1) is 23.8 Å². The second-order valence-corrected chi connectivity index (χ2v) is 4.28. The van der Waals surface area contributed by atoms with Gasteiger partial charge < -0.3 is 9.47 Å². The lowest BCUT2D eigenvalue weighted by molar-refractivity contribution is 0.0917. The van der Waals surface area contributed by atoms with Gasteiger partial charge in [-0.3, -0.25) is 4.79 Å². The molecule has 0 aliphatic heterocycles. The molecule has 0 heterocycles. The number of ether oxygens (including phenoxy) is 2. The van der Waals surface area contributed by atoms with Crippen LogP contribution in [-0.2, 0) is 0 Å². The van der Waals surface area contributed by atoms with E-state index in [1.54, 1.807) is 42.5 Å². The third-order valence-corrected chi connectivity index (χ3v) is 2.82. The summed E-state index contributed by atoms with van der Waals surface area (Å²) >= 11 is 0. The van der Waals surface area contributed by atoms with Gasteiger partial charge in [-0.15, -0.1) is 0 Å². The highest BCUT2D eigenvalue weighted by Gasteiger charge is 2.12.